The van der Waals surface area contributed by atoms with Crippen LogP contribution in [0.3, 0.4) is 0 Å². The molecule has 1 aromatic heterocycles. The third-order valence-electron chi connectivity index (χ3n) is 5.70. The molecule has 166 valence electrons. The minimum Gasteiger partial charge on any atom is -0.496 e. The highest BCUT2D eigenvalue weighted by molar-refractivity contribution is 6.33. The fourth-order valence-electron chi connectivity index (χ4n) is 4.03. The Bertz CT molecular complexity index is 1080. The van der Waals surface area contributed by atoms with Crippen molar-refractivity contribution in [3.63, 3.8) is 0 Å². The monoisotopic (exact) mass is 451 g/mol. The van der Waals surface area contributed by atoms with Crippen molar-refractivity contribution in [2.75, 3.05) is 20.2 Å². The zero-order valence-corrected chi connectivity index (χ0v) is 18.7. The lowest BCUT2D eigenvalue weighted by molar-refractivity contribution is -0.132. The molecule has 0 bridgehead atoms. The Morgan fingerprint density at radius 2 is 1.75 bits per heavy atom. The SMILES string of the molecule is COc1cc(-n2cccc2)c(Cl)cc1C(=O)N[C@H](Cc1ccccc1)C(=O)N1CCCC1. The van der Waals surface area contributed by atoms with E-state index in [-0.39, 0.29) is 5.91 Å². The topological polar surface area (TPSA) is 63.6 Å². The third kappa shape index (κ3) is 4.81. The zero-order chi connectivity index (χ0) is 22.5. The second kappa shape index (κ2) is 9.92. The van der Waals surface area contributed by atoms with E-state index in [1.807, 2.05) is 64.3 Å². The molecule has 4 rings (SSSR count). The summed E-state index contributed by atoms with van der Waals surface area (Å²) in [6.07, 6.45) is 6.12. The molecule has 32 heavy (non-hydrogen) atoms. The minimum atomic E-state index is -0.671. The van der Waals surface area contributed by atoms with E-state index in [1.165, 1.54) is 7.11 Å². The second-order valence-corrected chi connectivity index (χ2v) is 8.25. The lowest BCUT2D eigenvalue weighted by Crippen LogP contribution is -2.49. The summed E-state index contributed by atoms with van der Waals surface area (Å²) >= 11 is 6.49. The van der Waals surface area contributed by atoms with Gasteiger partial charge in [0.15, 0.2) is 0 Å². The van der Waals surface area contributed by atoms with E-state index in [4.69, 9.17) is 16.3 Å². The van der Waals surface area contributed by atoms with Crippen LogP contribution in [0.25, 0.3) is 5.69 Å². The molecule has 0 unspecified atom stereocenters. The molecular formula is C25H26ClN3O3. The van der Waals surface area contributed by atoms with Crippen molar-refractivity contribution in [3.8, 4) is 11.4 Å². The van der Waals surface area contributed by atoms with Crippen LogP contribution in [0.4, 0.5) is 0 Å². The molecule has 2 heterocycles. The van der Waals surface area contributed by atoms with Crippen molar-refractivity contribution < 1.29 is 14.3 Å². The molecule has 2 aromatic carbocycles. The number of halogens is 1. The van der Waals surface area contributed by atoms with Crippen LogP contribution in [0.15, 0.2) is 67.0 Å². The summed E-state index contributed by atoms with van der Waals surface area (Å²) in [6.45, 7) is 1.45. The number of nitrogens with one attached hydrogen (secondary N) is 1. The Hall–Kier alpha value is -3.25. The highest BCUT2D eigenvalue weighted by atomic mass is 35.5. The quantitative estimate of drug-likeness (QED) is 0.588. The number of methoxy groups -OCH3 is 1. The van der Waals surface area contributed by atoms with E-state index >= 15 is 0 Å². The van der Waals surface area contributed by atoms with E-state index in [9.17, 15) is 9.59 Å². The van der Waals surface area contributed by atoms with Crippen LogP contribution >= 0.6 is 11.6 Å². The van der Waals surface area contributed by atoms with Crippen LogP contribution < -0.4 is 10.1 Å². The molecule has 3 aromatic rings. The van der Waals surface area contributed by atoms with Crippen LogP contribution in [0, 0.1) is 0 Å². The summed E-state index contributed by atoms with van der Waals surface area (Å²) in [5.74, 6) is -0.0623. The van der Waals surface area contributed by atoms with Gasteiger partial charge in [-0.15, -0.1) is 0 Å². The number of ether oxygens (including phenoxy) is 1. The van der Waals surface area contributed by atoms with Crippen LogP contribution in [0.1, 0.15) is 28.8 Å². The highest BCUT2D eigenvalue weighted by Gasteiger charge is 2.29. The molecular weight excluding hydrogens is 426 g/mol. The lowest BCUT2D eigenvalue weighted by Gasteiger charge is -2.24. The molecule has 0 aliphatic carbocycles. The molecule has 1 aliphatic rings. The average molecular weight is 452 g/mol. The molecule has 2 amide bonds. The Morgan fingerprint density at radius 1 is 1.06 bits per heavy atom. The molecule has 1 fully saturated rings. The fraction of sp³-hybridized carbons (Fsp3) is 0.280. The Kier molecular flexibility index (Phi) is 6.81. The van der Waals surface area contributed by atoms with E-state index in [1.54, 1.807) is 12.1 Å². The van der Waals surface area contributed by atoms with Crippen LogP contribution in [0.5, 0.6) is 5.75 Å². The number of aromatic nitrogens is 1. The van der Waals surface area contributed by atoms with Gasteiger partial charge >= 0.3 is 0 Å². The summed E-state index contributed by atoms with van der Waals surface area (Å²) < 4.78 is 7.34. The molecule has 1 atom stereocenters. The predicted octanol–water partition coefficient (Wildman–Crippen LogP) is 4.10. The van der Waals surface area contributed by atoms with Gasteiger partial charge in [0.25, 0.3) is 5.91 Å². The number of likely N-dealkylation sites (tertiary alicyclic amines) is 1. The van der Waals surface area contributed by atoms with Gasteiger partial charge in [0.05, 0.1) is 23.4 Å². The maximum Gasteiger partial charge on any atom is 0.255 e. The Balaban J connectivity index is 1.61. The molecule has 1 N–H and O–H groups in total. The van der Waals surface area contributed by atoms with E-state index in [0.717, 1.165) is 31.5 Å². The number of benzene rings is 2. The molecule has 0 spiro atoms. The van der Waals surface area contributed by atoms with Crippen molar-refractivity contribution >= 4 is 23.4 Å². The van der Waals surface area contributed by atoms with Crippen molar-refractivity contribution in [2.45, 2.75) is 25.3 Å². The first-order valence-corrected chi connectivity index (χ1v) is 11.1. The van der Waals surface area contributed by atoms with E-state index in [2.05, 4.69) is 5.32 Å². The van der Waals surface area contributed by atoms with Gasteiger partial charge in [-0.2, -0.15) is 0 Å². The largest absolute Gasteiger partial charge is 0.496 e. The summed E-state index contributed by atoms with van der Waals surface area (Å²) in [6, 6.07) is 16.1. The molecule has 7 heteroatoms. The van der Waals surface area contributed by atoms with Gasteiger partial charge in [-0.05, 0) is 36.6 Å². The molecule has 1 saturated heterocycles. The normalized spacial score (nSPS) is 14.2. The number of rotatable bonds is 7. The van der Waals surface area contributed by atoms with Gasteiger partial charge in [0, 0.05) is 38.0 Å². The van der Waals surface area contributed by atoms with Crippen LogP contribution in [-0.4, -0.2) is 47.5 Å². The van der Waals surface area contributed by atoms with Crippen molar-refractivity contribution in [3.05, 3.63) is 83.1 Å². The van der Waals surface area contributed by atoms with Crippen LogP contribution in [0.2, 0.25) is 5.02 Å². The van der Waals surface area contributed by atoms with Gasteiger partial charge in [0.1, 0.15) is 11.8 Å². The standard InChI is InChI=1S/C25H26ClN3O3/c1-32-23-17-22(28-11-5-6-12-28)20(26)16-19(23)24(30)27-21(15-18-9-3-2-4-10-18)25(31)29-13-7-8-14-29/h2-6,9-12,16-17,21H,7-8,13-15H2,1H3,(H,27,30)/t21-/m1/s1. The van der Waals surface area contributed by atoms with Gasteiger partial charge in [-0.25, -0.2) is 0 Å². The van der Waals surface area contributed by atoms with E-state index < -0.39 is 11.9 Å². The number of nitrogens with zero attached hydrogens (tertiary/aromatic N) is 2. The summed E-state index contributed by atoms with van der Waals surface area (Å²) in [5.41, 5.74) is 1.98. The first kappa shape index (κ1) is 22.0. The van der Waals surface area contributed by atoms with Crippen molar-refractivity contribution in [2.24, 2.45) is 0 Å². The number of amides is 2. The van der Waals surface area contributed by atoms with E-state index in [0.29, 0.717) is 28.4 Å². The Morgan fingerprint density at radius 3 is 2.41 bits per heavy atom. The smallest absolute Gasteiger partial charge is 0.255 e. The molecule has 0 radical (unpaired) electrons. The van der Waals surface area contributed by atoms with Gasteiger partial charge in [-0.1, -0.05) is 41.9 Å². The molecule has 6 nitrogen and oxygen atoms in total. The number of carbonyl (C=O) groups is 2. The lowest BCUT2D eigenvalue weighted by atomic mass is 10.0. The Labute approximate surface area is 192 Å². The van der Waals surface area contributed by atoms with Crippen molar-refractivity contribution in [1.29, 1.82) is 0 Å². The predicted molar refractivity (Wildman–Crippen MR) is 125 cm³/mol. The number of carbonyl (C=O) groups excluding carboxylic acids is 2. The van der Waals surface area contributed by atoms with Gasteiger partial charge in [0.2, 0.25) is 5.91 Å². The second-order valence-electron chi connectivity index (χ2n) is 7.84. The zero-order valence-electron chi connectivity index (χ0n) is 18.0. The summed E-state index contributed by atoms with van der Waals surface area (Å²) in [4.78, 5) is 28.3. The summed E-state index contributed by atoms with van der Waals surface area (Å²) in [5, 5.41) is 3.35. The maximum absolute atomic E-state index is 13.3. The third-order valence-corrected chi connectivity index (χ3v) is 6.00. The first-order chi connectivity index (χ1) is 15.6. The minimum absolute atomic E-state index is 0.0614. The fourth-order valence-corrected chi connectivity index (χ4v) is 4.29. The average Bonchev–Trinajstić information content (AvgIpc) is 3.53. The number of hydrogen-bond acceptors (Lipinski definition) is 3. The molecule has 0 saturated carbocycles. The van der Waals surface area contributed by atoms with Gasteiger partial charge < -0.3 is 19.5 Å². The first-order valence-electron chi connectivity index (χ1n) is 10.7. The molecule has 1 aliphatic heterocycles. The highest BCUT2D eigenvalue weighted by Crippen LogP contribution is 2.30. The maximum atomic E-state index is 13.3. The van der Waals surface area contributed by atoms with Gasteiger partial charge in [-0.3, -0.25) is 9.59 Å². The van der Waals surface area contributed by atoms with Crippen molar-refractivity contribution in [1.82, 2.24) is 14.8 Å². The summed E-state index contributed by atoms with van der Waals surface area (Å²) in [7, 11) is 1.51. The number of hydrogen-bond donors (Lipinski definition) is 1. The van der Waals surface area contributed by atoms with Crippen LogP contribution in [-0.2, 0) is 11.2 Å².